The second-order valence-electron chi connectivity index (χ2n) is 4.95. The first kappa shape index (κ1) is 14.7. The van der Waals surface area contributed by atoms with Crippen LogP contribution >= 0.6 is 11.6 Å². The van der Waals surface area contributed by atoms with Crippen LogP contribution < -0.4 is 4.74 Å². The molecular weight excluding hydrogens is 300 g/mol. The third kappa shape index (κ3) is 2.48. The monoisotopic (exact) mass is 314 g/mol. The van der Waals surface area contributed by atoms with Crippen molar-refractivity contribution in [2.45, 2.75) is 13.3 Å². The average Bonchev–Trinajstić information content (AvgIpc) is 2.91. The highest BCUT2D eigenvalue weighted by Crippen LogP contribution is 2.30. The largest absolute Gasteiger partial charge is 0.497 e. The zero-order valence-electron chi connectivity index (χ0n) is 12.4. The number of hydrogen-bond donors (Lipinski definition) is 0. The predicted octanol–water partition coefficient (Wildman–Crippen LogP) is 4.89. The Morgan fingerprint density at radius 3 is 2.55 bits per heavy atom. The van der Waals surface area contributed by atoms with Crippen LogP contribution in [0, 0.1) is 0 Å². The van der Waals surface area contributed by atoms with Gasteiger partial charge in [-0.1, -0.05) is 18.5 Å². The summed E-state index contributed by atoms with van der Waals surface area (Å²) in [6.45, 7) is 1.96. The Hall–Kier alpha value is -2.26. The Balaban J connectivity index is 2.12. The van der Waals surface area contributed by atoms with E-state index < -0.39 is 0 Å². The van der Waals surface area contributed by atoms with E-state index in [1.807, 2.05) is 13.0 Å². The summed E-state index contributed by atoms with van der Waals surface area (Å²) in [4.78, 5) is 12.9. The van der Waals surface area contributed by atoms with Crippen molar-refractivity contribution in [1.29, 1.82) is 0 Å². The van der Waals surface area contributed by atoms with Gasteiger partial charge in [-0.2, -0.15) is 0 Å². The molecule has 1 heterocycles. The Morgan fingerprint density at radius 1 is 1.18 bits per heavy atom. The summed E-state index contributed by atoms with van der Waals surface area (Å²) >= 11 is 5.99. The molecule has 0 saturated carbocycles. The number of ether oxygens (including phenoxy) is 1. The van der Waals surface area contributed by atoms with Crippen molar-refractivity contribution in [3.63, 3.8) is 0 Å². The third-order valence-electron chi connectivity index (χ3n) is 3.63. The van der Waals surface area contributed by atoms with Gasteiger partial charge in [0.1, 0.15) is 17.1 Å². The van der Waals surface area contributed by atoms with Gasteiger partial charge in [-0.3, -0.25) is 4.79 Å². The molecule has 3 rings (SSSR count). The Kier molecular flexibility index (Phi) is 3.90. The van der Waals surface area contributed by atoms with Crippen LogP contribution in [-0.2, 0) is 6.42 Å². The van der Waals surface area contributed by atoms with Gasteiger partial charge in [0.05, 0.1) is 12.7 Å². The van der Waals surface area contributed by atoms with Gasteiger partial charge in [0.15, 0.2) is 5.78 Å². The average molecular weight is 315 g/mol. The van der Waals surface area contributed by atoms with Crippen molar-refractivity contribution >= 4 is 28.4 Å². The molecular formula is C18H15ClO3. The smallest absolute Gasteiger partial charge is 0.197 e. The first-order valence-corrected chi connectivity index (χ1v) is 7.41. The van der Waals surface area contributed by atoms with Gasteiger partial charge >= 0.3 is 0 Å². The molecule has 0 aliphatic rings. The van der Waals surface area contributed by atoms with Crippen LogP contribution in [0.1, 0.15) is 28.6 Å². The standard InChI is InChI=1S/C18H15ClO3/c1-3-15-17(14-9-6-12(19)10-16(14)22-15)18(20)11-4-7-13(21-2)8-5-11/h4-10H,3H2,1-2H3. The molecule has 2 aromatic carbocycles. The van der Waals surface area contributed by atoms with Gasteiger partial charge in [-0.05, 0) is 36.4 Å². The van der Waals surface area contributed by atoms with Crippen LogP contribution in [0.15, 0.2) is 46.9 Å². The Labute approximate surface area is 133 Å². The minimum atomic E-state index is -0.0550. The minimum absolute atomic E-state index is 0.0550. The molecule has 0 saturated heterocycles. The van der Waals surface area contributed by atoms with E-state index in [0.717, 1.165) is 11.1 Å². The van der Waals surface area contributed by atoms with Gasteiger partial charge < -0.3 is 9.15 Å². The van der Waals surface area contributed by atoms with E-state index in [1.54, 1.807) is 43.5 Å². The SMILES string of the molecule is CCc1oc2cc(Cl)ccc2c1C(=O)c1ccc(OC)cc1. The quantitative estimate of drug-likeness (QED) is 0.644. The van der Waals surface area contributed by atoms with Crippen molar-refractivity contribution in [3.8, 4) is 5.75 Å². The fourth-order valence-electron chi connectivity index (χ4n) is 2.51. The Morgan fingerprint density at radius 2 is 1.91 bits per heavy atom. The highest BCUT2D eigenvalue weighted by atomic mass is 35.5. The highest BCUT2D eigenvalue weighted by molar-refractivity contribution is 6.31. The topological polar surface area (TPSA) is 39.4 Å². The summed E-state index contributed by atoms with van der Waals surface area (Å²) in [5, 5.41) is 1.38. The van der Waals surface area contributed by atoms with Gasteiger partial charge in [-0.15, -0.1) is 0 Å². The molecule has 22 heavy (non-hydrogen) atoms. The van der Waals surface area contributed by atoms with Gasteiger partial charge in [0.2, 0.25) is 0 Å². The lowest BCUT2D eigenvalue weighted by Gasteiger charge is -2.03. The summed E-state index contributed by atoms with van der Waals surface area (Å²) in [6, 6.07) is 12.4. The first-order chi connectivity index (χ1) is 10.6. The van der Waals surface area contributed by atoms with Crippen molar-refractivity contribution in [3.05, 3.63) is 64.4 Å². The maximum absolute atomic E-state index is 12.9. The molecule has 0 amide bonds. The van der Waals surface area contributed by atoms with Crippen LogP contribution in [-0.4, -0.2) is 12.9 Å². The summed E-state index contributed by atoms with van der Waals surface area (Å²) in [7, 11) is 1.60. The van der Waals surface area contributed by atoms with Crippen LogP contribution in [0.2, 0.25) is 5.02 Å². The molecule has 0 fully saturated rings. The lowest BCUT2D eigenvalue weighted by Crippen LogP contribution is -2.03. The number of benzene rings is 2. The van der Waals surface area contributed by atoms with Crippen LogP contribution in [0.25, 0.3) is 11.0 Å². The van der Waals surface area contributed by atoms with E-state index >= 15 is 0 Å². The molecule has 0 radical (unpaired) electrons. The highest BCUT2D eigenvalue weighted by Gasteiger charge is 2.21. The molecule has 0 aliphatic heterocycles. The third-order valence-corrected chi connectivity index (χ3v) is 3.86. The lowest BCUT2D eigenvalue weighted by molar-refractivity contribution is 0.103. The molecule has 3 aromatic rings. The molecule has 0 spiro atoms. The number of carbonyl (C=O) groups is 1. The van der Waals surface area contributed by atoms with E-state index in [0.29, 0.717) is 33.9 Å². The maximum Gasteiger partial charge on any atom is 0.197 e. The number of carbonyl (C=O) groups excluding carboxylic acids is 1. The maximum atomic E-state index is 12.9. The summed E-state index contributed by atoms with van der Waals surface area (Å²) < 4.78 is 10.9. The fourth-order valence-corrected chi connectivity index (χ4v) is 2.67. The predicted molar refractivity (Wildman–Crippen MR) is 87.0 cm³/mol. The number of halogens is 1. The molecule has 0 N–H and O–H groups in total. The molecule has 0 atom stereocenters. The summed E-state index contributed by atoms with van der Waals surface area (Å²) in [5.41, 5.74) is 1.86. The zero-order valence-corrected chi connectivity index (χ0v) is 13.1. The number of furan rings is 1. The molecule has 0 unspecified atom stereocenters. The van der Waals surface area contributed by atoms with E-state index in [2.05, 4.69) is 0 Å². The number of rotatable bonds is 4. The summed E-state index contributed by atoms with van der Waals surface area (Å²) in [5.74, 6) is 1.34. The van der Waals surface area contributed by atoms with Crippen LogP contribution in [0.5, 0.6) is 5.75 Å². The van der Waals surface area contributed by atoms with Crippen molar-refractivity contribution in [1.82, 2.24) is 0 Å². The molecule has 4 heteroatoms. The number of hydrogen-bond acceptors (Lipinski definition) is 3. The number of aryl methyl sites for hydroxylation is 1. The number of ketones is 1. The van der Waals surface area contributed by atoms with E-state index in [4.69, 9.17) is 20.8 Å². The van der Waals surface area contributed by atoms with Crippen LogP contribution in [0.3, 0.4) is 0 Å². The van der Waals surface area contributed by atoms with E-state index in [1.165, 1.54) is 0 Å². The number of fused-ring (bicyclic) bond motifs is 1. The van der Waals surface area contributed by atoms with Crippen molar-refractivity contribution in [2.75, 3.05) is 7.11 Å². The van der Waals surface area contributed by atoms with Gasteiger partial charge in [0.25, 0.3) is 0 Å². The van der Waals surface area contributed by atoms with Crippen molar-refractivity contribution < 1.29 is 13.9 Å². The molecule has 112 valence electrons. The molecule has 0 aliphatic carbocycles. The van der Waals surface area contributed by atoms with E-state index in [-0.39, 0.29) is 5.78 Å². The molecule has 3 nitrogen and oxygen atoms in total. The number of methoxy groups -OCH3 is 1. The lowest BCUT2D eigenvalue weighted by atomic mass is 9.99. The van der Waals surface area contributed by atoms with Crippen LogP contribution in [0.4, 0.5) is 0 Å². The zero-order chi connectivity index (χ0) is 15.7. The second-order valence-corrected chi connectivity index (χ2v) is 5.39. The van der Waals surface area contributed by atoms with Gasteiger partial charge in [0, 0.05) is 28.5 Å². The van der Waals surface area contributed by atoms with Crippen molar-refractivity contribution in [2.24, 2.45) is 0 Å². The van der Waals surface area contributed by atoms with E-state index in [9.17, 15) is 4.79 Å². The summed E-state index contributed by atoms with van der Waals surface area (Å²) in [6.07, 6.45) is 0.642. The second kappa shape index (κ2) is 5.85. The normalized spacial score (nSPS) is 10.9. The first-order valence-electron chi connectivity index (χ1n) is 7.03. The minimum Gasteiger partial charge on any atom is -0.497 e. The van der Waals surface area contributed by atoms with Gasteiger partial charge in [-0.25, -0.2) is 0 Å². The Bertz CT molecular complexity index is 831. The molecule has 0 bridgehead atoms. The molecule has 1 aromatic heterocycles. The fraction of sp³-hybridized carbons (Fsp3) is 0.167.